The number of carbonyl (C=O) groups excluding carboxylic acids is 1. The van der Waals surface area contributed by atoms with E-state index in [1.54, 1.807) is 13.3 Å². The number of amides is 1. The number of hydrogen-bond donors (Lipinski definition) is 2. The van der Waals surface area contributed by atoms with Crippen molar-refractivity contribution >= 4 is 22.6 Å². The van der Waals surface area contributed by atoms with Gasteiger partial charge in [-0.05, 0) is 24.6 Å². The minimum absolute atomic E-state index is 0.000533. The molecule has 4 rings (SSSR count). The van der Waals surface area contributed by atoms with Crippen molar-refractivity contribution in [2.45, 2.75) is 32.3 Å². The largest absolute Gasteiger partial charge is 0.395 e. The molecule has 4 heterocycles. The number of nitrogens with one attached hydrogen (secondary N) is 1. The van der Waals surface area contributed by atoms with Gasteiger partial charge >= 0.3 is 0 Å². The summed E-state index contributed by atoms with van der Waals surface area (Å²) < 4.78 is 13.4. The van der Waals surface area contributed by atoms with Crippen LogP contribution in [-0.4, -0.2) is 52.5 Å². The molecule has 2 N–H and O–H groups in total. The standard InChI is InChI=1S/C24H26N4O4/c1-16-10-21(24(31-3)7-9-32-15-24)27-23(11-16)28-14-18(6-4-5-8-29)19-13-25-22(12-20(19)28)26-17(2)30/h10-14,29H,5,7-9,15H2,1-3H3,(H,25,26,30). The lowest BCUT2D eigenvalue weighted by Gasteiger charge is -2.26. The fourth-order valence-corrected chi connectivity index (χ4v) is 3.89. The van der Waals surface area contributed by atoms with Crippen molar-refractivity contribution in [1.29, 1.82) is 0 Å². The normalized spacial score (nSPS) is 17.9. The van der Waals surface area contributed by atoms with Crippen LogP contribution in [0.1, 0.15) is 36.6 Å². The second kappa shape index (κ2) is 9.09. The zero-order chi connectivity index (χ0) is 22.7. The molecule has 1 aliphatic rings. The Bertz CT molecular complexity index is 1220. The van der Waals surface area contributed by atoms with Crippen molar-refractivity contribution in [1.82, 2.24) is 14.5 Å². The first-order valence-corrected chi connectivity index (χ1v) is 10.5. The van der Waals surface area contributed by atoms with E-state index in [1.165, 1.54) is 6.92 Å². The summed E-state index contributed by atoms with van der Waals surface area (Å²) in [5, 5.41) is 12.6. The van der Waals surface area contributed by atoms with Gasteiger partial charge in [-0.2, -0.15) is 0 Å². The van der Waals surface area contributed by atoms with E-state index in [2.05, 4.69) is 22.1 Å². The molecule has 1 aliphatic heterocycles. The number of pyridine rings is 2. The van der Waals surface area contributed by atoms with Crippen molar-refractivity contribution < 1.29 is 19.4 Å². The second-order valence-corrected chi connectivity index (χ2v) is 7.84. The number of fused-ring (bicyclic) bond motifs is 1. The van der Waals surface area contributed by atoms with Crippen LogP contribution >= 0.6 is 0 Å². The summed E-state index contributed by atoms with van der Waals surface area (Å²) in [4.78, 5) is 20.8. The molecule has 8 heteroatoms. The first kappa shape index (κ1) is 22.0. The fraction of sp³-hybridized carbons (Fsp3) is 0.375. The van der Waals surface area contributed by atoms with Crippen molar-refractivity contribution in [3.05, 3.63) is 47.4 Å². The third kappa shape index (κ3) is 4.23. The maximum absolute atomic E-state index is 11.5. The van der Waals surface area contributed by atoms with E-state index in [9.17, 15) is 4.79 Å². The number of anilines is 1. The lowest BCUT2D eigenvalue weighted by molar-refractivity contribution is -0.114. The van der Waals surface area contributed by atoms with Gasteiger partial charge in [0.25, 0.3) is 0 Å². The highest BCUT2D eigenvalue weighted by Gasteiger charge is 2.38. The minimum atomic E-state index is -0.573. The molecule has 0 radical (unpaired) electrons. The molecule has 1 unspecified atom stereocenters. The first-order chi connectivity index (χ1) is 15.5. The van der Waals surface area contributed by atoms with E-state index >= 15 is 0 Å². The Morgan fingerprint density at radius 1 is 1.41 bits per heavy atom. The maximum Gasteiger partial charge on any atom is 0.222 e. The zero-order valence-electron chi connectivity index (χ0n) is 18.4. The highest BCUT2D eigenvalue weighted by Crippen LogP contribution is 2.34. The molecule has 0 bridgehead atoms. The van der Waals surface area contributed by atoms with Crippen molar-refractivity contribution in [2.24, 2.45) is 0 Å². The van der Waals surface area contributed by atoms with Gasteiger partial charge in [-0.15, -0.1) is 0 Å². The van der Waals surface area contributed by atoms with Gasteiger partial charge in [-0.1, -0.05) is 11.8 Å². The van der Waals surface area contributed by atoms with Gasteiger partial charge in [0, 0.05) is 57.3 Å². The van der Waals surface area contributed by atoms with Crippen LogP contribution in [-0.2, 0) is 19.9 Å². The van der Waals surface area contributed by atoms with E-state index in [4.69, 9.17) is 19.6 Å². The average Bonchev–Trinajstić information content (AvgIpc) is 3.39. The number of rotatable bonds is 5. The lowest BCUT2D eigenvalue weighted by atomic mass is 9.97. The van der Waals surface area contributed by atoms with Crippen LogP contribution in [0.3, 0.4) is 0 Å². The smallest absolute Gasteiger partial charge is 0.222 e. The average molecular weight is 434 g/mol. The molecular weight excluding hydrogens is 408 g/mol. The molecule has 0 aliphatic carbocycles. The summed E-state index contributed by atoms with van der Waals surface area (Å²) in [6.07, 6.45) is 4.72. The third-order valence-electron chi connectivity index (χ3n) is 5.50. The monoisotopic (exact) mass is 434 g/mol. The summed E-state index contributed by atoms with van der Waals surface area (Å²) in [5.41, 5.74) is 2.87. The maximum atomic E-state index is 11.5. The number of ether oxygens (including phenoxy) is 2. The Balaban J connectivity index is 1.89. The Labute approximate surface area is 186 Å². The van der Waals surface area contributed by atoms with E-state index < -0.39 is 5.60 Å². The van der Waals surface area contributed by atoms with Crippen molar-refractivity contribution in [2.75, 3.05) is 32.2 Å². The summed E-state index contributed by atoms with van der Waals surface area (Å²) in [7, 11) is 1.68. The van der Waals surface area contributed by atoms with Crippen LogP contribution in [0.5, 0.6) is 0 Å². The van der Waals surface area contributed by atoms with Gasteiger partial charge in [0.2, 0.25) is 5.91 Å². The van der Waals surface area contributed by atoms with Gasteiger partial charge in [0.05, 0.1) is 30.0 Å². The number of aryl methyl sites for hydroxylation is 1. The molecule has 8 nitrogen and oxygen atoms in total. The number of aliphatic hydroxyl groups is 1. The molecule has 1 fully saturated rings. The molecule has 0 aromatic carbocycles. The molecule has 166 valence electrons. The number of aliphatic hydroxyl groups excluding tert-OH is 1. The van der Waals surface area contributed by atoms with E-state index in [0.29, 0.717) is 31.3 Å². The predicted octanol–water partition coefficient (Wildman–Crippen LogP) is 2.68. The first-order valence-electron chi connectivity index (χ1n) is 10.5. The molecule has 1 atom stereocenters. The number of methoxy groups -OCH3 is 1. The van der Waals surface area contributed by atoms with E-state index in [1.807, 2.05) is 35.9 Å². The van der Waals surface area contributed by atoms with E-state index in [-0.39, 0.29) is 12.5 Å². The molecule has 3 aromatic heterocycles. The van der Waals surface area contributed by atoms with E-state index in [0.717, 1.165) is 34.1 Å². The third-order valence-corrected chi connectivity index (χ3v) is 5.50. The molecular formula is C24H26N4O4. The topological polar surface area (TPSA) is 98.5 Å². The molecule has 1 amide bonds. The van der Waals surface area contributed by atoms with Gasteiger partial charge in [0.1, 0.15) is 17.2 Å². The summed E-state index contributed by atoms with van der Waals surface area (Å²) >= 11 is 0. The van der Waals surface area contributed by atoms with Gasteiger partial charge in [-0.3, -0.25) is 9.36 Å². The van der Waals surface area contributed by atoms with Crippen molar-refractivity contribution in [3.63, 3.8) is 0 Å². The lowest BCUT2D eigenvalue weighted by Crippen LogP contribution is -2.30. The highest BCUT2D eigenvalue weighted by molar-refractivity contribution is 5.93. The summed E-state index contributed by atoms with van der Waals surface area (Å²) in [6, 6.07) is 5.83. The van der Waals surface area contributed by atoms with Crippen LogP contribution in [0, 0.1) is 18.8 Å². The Morgan fingerprint density at radius 3 is 2.94 bits per heavy atom. The van der Waals surface area contributed by atoms with Crippen LogP contribution < -0.4 is 5.32 Å². The summed E-state index contributed by atoms with van der Waals surface area (Å²) in [6.45, 7) is 4.55. The molecule has 0 spiro atoms. The van der Waals surface area contributed by atoms with Gasteiger partial charge in [-0.25, -0.2) is 9.97 Å². The molecule has 3 aromatic rings. The molecule has 1 saturated heterocycles. The Hall–Kier alpha value is -3.25. The Kier molecular flexibility index (Phi) is 6.24. The number of carbonyl (C=O) groups is 1. The Morgan fingerprint density at radius 2 is 2.25 bits per heavy atom. The van der Waals surface area contributed by atoms with Crippen LogP contribution in [0.25, 0.3) is 16.7 Å². The number of aromatic nitrogens is 3. The van der Waals surface area contributed by atoms with Crippen LogP contribution in [0.2, 0.25) is 0 Å². The predicted molar refractivity (Wildman–Crippen MR) is 121 cm³/mol. The van der Waals surface area contributed by atoms with Gasteiger partial charge < -0.3 is 19.9 Å². The fourth-order valence-electron chi connectivity index (χ4n) is 3.89. The molecule has 0 saturated carbocycles. The number of hydrogen-bond acceptors (Lipinski definition) is 6. The molecule has 32 heavy (non-hydrogen) atoms. The van der Waals surface area contributed by atoms with Crippen molar-refractivity contribution in [3.8, 4) is 17.7 Å². The van der Waals surface area contributed by atoms with Crippen LogP contribution in [0.15, 0.2) is 30.6 Å². The SMILES string of the molecule is COC1(c2cc(C)cc(-n3cc(C#CCCO)c4cnc(NC(C)=O)cc43)n2)CCOC1. The van der Waals surface area contributed by atoms with Crippen LogP contribution in [0.4, 0.5) is 5.82 Å². The van der Waals surface area contributed by atoms with Gasteiger partial charge in [0.15, 0.2) is 0 Å². The number of nitrogens with zero attached hydrogens (tertiary/aromatic N) is 3. The second-order valence-electron chi connectivity index (χ2n) is 7.84. The zero-order valence-corrected chi connectivity index (χ0v) is 18.4. The minimum Gasteiger partial charge on any atom is -0.395 e. The summed E-state index contributed by atoms with van der Waals surface area (Å²) in [5.74, 6) is 7.04. The quantitative estimate of drug-likeness (QED) is 0.599. The highest BCUT2D eigenvalue weighted by atomic mass is 16.5.